The summed E-state index contributed by atoms with van der Waals surface area (Å²) in [5.41, 5.74) is 1.67. The molecule has 2 aromatic carbocycles. The molecule has 0 aliphatic heterocycles. The second kappa shape index (κ2) is 54.9. The number of unbranched alkanes of at least 4 members (excludes halogenated alkanes) is 40. The number of rotatable bonds is 58. The lowest BCUT2D eigenvalue weighted by Crippen LogP contribution is -2.44. The van der Waals surface area contributed by atoms with Gasteiger partial charge < -0.3 is 19.5 Å². The molecule has 0 unspecified atom stereocenters. The van der Waals surface area contributed by atoms with E-state index in [-0.39, 0.29) is 30.2 Å². The van der Waals surface area contributed by atoms with Crippen molar-refractivity contribution in [1.29, 1.82) is 0 Å². The fourth-order valence-corrected chi connectivity index (χ4v) is 11.8. The molecule has 1 N–H and O–H groups in total. The van der Waals surface area contributed by atoms with Gasteiger partial charge in [-0.1, -0.05) is 338 Å². The van der Waals surface area contributed by atoms with E-state index in [0.29, 0.717) is 25.0 Å². The molecule has 0 radical (unpaired) electrons. The van der Waals surface area contributed by atoms with Crippen molar-refractivity contribution in [1.82, 2.24) is 5.32 Å². The first-order valence-electron chi connectivity index (χ1n) is 33.9. The zero-order chi connectivity index (χ0) is 57.5. The Bertz CT molecular complexity index is 1670. The van der Waals surface area contributed by atoms with Gasteiger partial charge in [0.25, 0.3) is 0 Å². The minimum Gasteiger partial charge on any atom is -0.462 e. The van der Waals surface area contributed by atoms with Crippen LogP contribution in [0.1, 0.15) is 333 Å². The van der Waals surface area contributed by atoms with Crippen LogP contribution in [0, 0.1) is 0 Å². The number of nitrogens with one attached hydrogen (secondary N) is 1. The third-order valence-corrected chi connectivity index (χ3v) is 17.0. The van der Waals surface area contributed by atoms with E-state index in [2.05, 4.69) is 26.1 Å². The molecule has 0 saturated heterocycles. The van der Waals surface area contributed by atoms with Crippen LogP contribution in [-0.4, -0.2) is 54.1 Å². The lowest BCUT2D eigenvalue weighted by molar-refractivity contribution is -0.157. The van der Waals surface area contributed by atoms with Crippen molar-refractivity contribution in [2.45, 2.75) is 334 Å². The van der Waals surface area contributed by atoms with Crippen molar-refractivity contribution < 1.29 is 33.4 Å². The standard InChI is InChI=1S/C71H121NO7S/c1-4-7-10-13-16-19-22-25-27-30-33-36-39-42-51-58-68(74)77-60-65(78-69(75)59-52-43-40-37-34-31-28-26-23-20-17-14-11-8-5-2)61-80-62-66(71(76)79-70(63-53-46-44-47-54-63)64-55-48-45-49-56-64)72-67(73)57-50-41-38-35-32-29-24-21-18-15-12-9-6-3/h44-49,53-56,65-66,70H,4-43,50-52,57-62H2,1-3H3,(H,72,73)/t65-,66-/m1/s1. The van der Waals surface area contributed by atoms with E-state index >= 15 is 0 Å². The molecule has 0 heterocycles. The highest BCUT2D eigenvalue weighted by Crippen LogP contribution is 2.27. The number of thioether (sulfide) groups is 1. The summed E-state index contributed by atoms with van der Waals surface area (Å²) in [6.07, 6.45) is 53.3. The van der Waals surface area contributed by atoms with Gasteiger partial charge in [0.05, 0.1) is 0 Å². The van der Waals surface area contributed by atoms with Crippen molar-refractivity contribution in [2.75, 3.05) is 18.1 Å². The summed E-state index contributed by atoms with van der Waals surface area (Å²) in [5.74, 6) is -0.755. The van der Waals surface area contributed by atoms with Crippen molar-refractivity contribution in [2.24, 2.45) is 0 Å². The van der Waals surface area contributed by atoms with Gasteiger partial charge in [0.2, 0.25) is 5.91 Å². The summed E-state index contributed by atoms with van der Waals surface area (Å²) in [6, 6.07) is 18.4. The second-order valence-electron chi connectivity index (χ2n) is 23.5. The molecule has 0 bridgehead atoms. The SMILES string of the molecule is CCCCCCCCCCCCCCCCCC(=O)OC[C@H](CSC[C@@H](NC(=O)CCCCCCCCCCCCCCC)C(=O)OC(c1ccccc1)c1ccccc1)OC(=O)CCCCCCCCCCCCCCCCC. The summed E-state index contributed by atoms with van der Waals surface area (Å²) >= 11 is 1.40. The van der Waals surface area contributed by atoms with Crippen LogP contribution < -0.4 is 5.32 Å². The maximum Gasteiger partial charge on any atom is 0.330 e. The van der Waals surface area contributed by atoms with Crippen molar-refractivity contribution in [3.63, 3.8) is 0 Å². The van der Waals surface area contributed by atoms with Gasteiger partial charge in [-0.05, 0) is 30.4 Å². The average molecular weight is 1130 g/mol. The molecular formula is C71H121NO7S. The number of esters is 3. The molecule has 0 fully saturated rings. The lowest BCUT2D eigenvalue weighted by Gasteiger charge is -2.24. The predicted octanol–water partition coefficient (Wildman–Crippen LogP) is 21.0. The van der Waals surface area contributed by atoms with Crippen molar-refractivity contribution in [3.8, 4) is 0 Å². The number of ether oxygens (including phenoxy) is 3. The maximum absolute atomic E-state index is 14.3. The van der Waals surface area contributed by atoms with E-state index in [1.807, 2.05) is 60.7 Å². The molecule has 9 heteroatoms. The monoisotopic (exact) mass is 1130 g/mol. The number of benzene rings is 2. The largest absolute Gasteiger partial charge is 0.462 e. The van der Waals surface area contributed by atoms with Gasteiger partial charge >= 0.3 is 17.9 Å². The molecule has 1 amide bonds. The van der Waals surface area contributed by atoms with Crippen LogP contribution in [0.15, 0.2) is 60.7 Å². The quantitative estimate of drug-likeness (QED) is 0.0396. The van der Waals surface area contributed by atoms with Gasteiger partial charge in [0, 0.05) is 30.8 Å². The van der Waals surface area contributed by atoms with Crippen LogP contribution in [0.5, 0.6) is 0 Å². The Kier molecular flexibility index (Phi) is 49.9. The van der Waals surface area contributed by atoms with Crippen LogP contribution >= 0.6 is 11.8 Å². The molecule has 2 rings (SSSR count). The highest BCUT2D eigenvalue weighted by atomic mass is 32.2. The smallest absolute Gasteiger partial charge is 0.330 e. The Morgan fingerprint density at radius 3 is 1.04 bits per heavy atom. The highest BCUT2D eigenvalue weighted by molar-refractivity contribution is 7.99. The molecule has 80 heavy (non-hydrogen) atoms. The number of hydrogen-bond acceptors (Lipinski definition) is 8. The first-order chi connectivity index (χ1) is 39.4. The summed E-state index contributed by atoms with van der Waals surface area (Å²) in [7, 11) is 0. The normalized spacial score (nSPS) is 12.2. The van der Waals surface area contributed by atoms with Crippen LogP contribution in [-0.2, 0) is 33.4 Å². The number of carbonyl (C=O) groups is 4. The summed E-state index contributed by atoms with van der Waals surface area (Å²) < 4.78 is 18.2. The molecule has 0 saturated carbocycles. The zero-order valence-electron chi connectivity index (χ0n) is 51.9. The third kappa shape index (κ3) is 43.4. The Labute approximate surface area is 496 Å². The summed E-state index contributed by atoms with van der Waals surface area (Å²) in [6.45, 7) is 6.77. The maximum atomic E-state index is 14.3. The number of amides is 1. The molecule has 8 nitrogen and oxygen atoms in total. The number of hydrogen-bond donors (Lipinski definition) is 1. The fraction of sp³-hybridized carbons (Fsp3) is 0.775. The first-order valence-corrected chi connectivity index (χ1v) is 35.1. The van der Waals surface area contributed by atoms with Crippen LogP contribution in [0.25, 0.3) is 0 Å². The fourth-order valence-electron chi connectivity index (χ4n) is 10.7. The van der Waals surface area contributed by atoms with E-state index in [1.165, 1.54) is 230 Å². The minimum absolute atomic E-state index is 0.0419. The van der Waals surface area contributed by atoms with E-state index in [9.17, 15) is 19.2 Å². The van der Waals surface area contributed by atoms with E-state index in [0.717, 1.165) is 68.9 Å². The Balaban J connectivity index is 1.96. The summed E-state index contributed by atoms with van der Waals surface area (Å²) in [4.78, 5) is 54.3. The van der Waals surface area contributed by atoms with E-state index < -0.39 is 24.2 Å². The molecule has 0 aromatic heterocycles. The molecule has 0 aliphatic carbocycles. The lowest BCUT2D eigenvalue weighted by atomic mass is 10.0. The topological polar surface area (TPSA) is 108 Å². The number of carbonyl (C=O) groups excluding carboxylic acids is 4. The Morgan fingerprint density at radius 1 is 0.375 bits per heavy atom. The van der Waals surface area contributed by atoms with E-state index in [1.54, 1.807) is 0 Å². The molecule has 2 atom stereocenters. The summed E-state index contributed by atoms with van der Waals surface area (Å²) in [5, 5.41) is 3.04. The molecular weight excluding hydrogens is 1010 g/mol. The van der Waals surface area contributed by atoms with Gasteiger partial charge in [-0.2, -0.15) is 11.8 Å². The minimum atomic E-state index is -0.936. The average Bonchev–Trinajstić information content (AvgIpc) is 3.48. The van der Waals surface area contributed by atoms with Gasteiger partial charge in [-0.3, -0.25) is 14.4 Å². The molecule has 0 spiro atoms. The van der Waals surface area contributed by atoms with Crippen LogP contribution in [0.2, 0.25) is 0 Å². The van der Waals surface area contributed by atoms with Crippen molar-refractivity contribution in [3.05, 3.63) is 71.8 Å². The predicted molar refractivity (Wildman–Crippen MR) is 340 cm³/mol. The van der Waals surface area contributed by atoms with Gasteiger partial charge in [-0.25, -0.2) is 4.79 Å². The molecule has 458 valence electrons. The van der Waals surface area contributed by atoms with Gasteiger partial charge in [-0.15, -0.1) is 0 Å². The first kappa shape index (κ1) is 72.8. The second-order valence-corrected chi connectivity index (χ2v) is 24.6. The third-order valence-electron chi connectivity index (χ3n) is 15.9. The van der Waals surface area contributed by atoms with Gasteiger partial charge in [0.15, 0.2) is 6.10 Å². The van der Waals surface area contributed by atoms with Crippen LogP contribution in [0.4, 0.5) is 0 Å². The highest BCUT2D eigenvalue weighted by Gasteiger charge is 2.28. The zero-order valence-corrected chi connectivity index (χ0v) is 52.7. The van der Waals surface area contributed by atoms with Crippen molar-refractivity contribution >= 4 is 35.6 Å². The van der Waals surface area contributed by atoms with E-state index in [4.69, 9.17) is 14.2 Å². The van der Waals surface area contributed by atoms with Crippen LogP contribution in [0.3, 0.4) is 0 Å². The molecule has 0 aliphatic rings. The van der Waals surface area contributed by atoms with Gasteiger partial charge in [0.1, 0.15) is 18.8 Å². The Morgan fingerprint density at radius 2 is 0.688 bits per heavy atom. The molecule has 2 aromatic rings. The Hall–Kier alpha value is -3.33.